The van der Waals surface area contributed by atoms with Gasteiger partial charge in [0.15, 0.2) is 0 Å². The Morgan fingerprint density at radius 3 is 2.50 bits per heavy atom. The topological polar surface area (TPSA) is 31.0 Å². The van der Waals surface area contributed by atoms with Crippen molar-refractivity contribution in [2.24, 2.45) is 23.2 Å². The lowest BCUT2D eigenvalue weighted by Crippen LogP contribution is -2.61. The van der Waals surface area contributed by atoms with Crippen molar-refractivity contribution >= 4 is 0 Å². The first-order valence-electron chi connectivity index (χ1n) is 12.2. The van der Waals surface area contributed by atoms with Crippen LogP contribution < -0.4 is 0 Å². The summed E-state index contributed by atoms with van der Waals surface area (Å²) in [6.07, 6.45) is 7.43. The summed E-state index contributed by atoms with van der Waals surface area (Å²) in [6.45, 7) is 12.7. The number of hydrogen-bond acceptors (Lipinski definition) is 3. The lowest BCUT2D eigenvalue weighted by atomic mass is 9.52. The molecule has 6 rings (SSSR count). The first-order valence-corrected chi connectivity index (χ1v) is 12.2. The van der Waals surface area contributed by atoms with Gasteiger partial charge in [0, 0.05) is 5.92 Å². The molecule has 3 aliphatic heterocycles. The van der Waals surface area contributed by atoms with E-state index >= 15 is 0 Å². The zero-order valence-corrected chi connectivity index (χ0v) is 19.4. The first-order chi connectivity index (χ1) is 14.2. The highest BCUT2D eigenvalue weighted by atomic mass is 16.7. The summed E-state index contributed by atoms with van der Waals surface area (Å²) in [5.74, 6) is 1.57. The molecule has 0 radical (unpaired) electrons. The van der Waals surface area contributed by atoms with Gasteiger partial charge in [-0.3, -0.25) is 0 Å². The Kier molecular flexibility index (Phi) is 3.89. The maximum absolute atomic E-state index is 6.96. The number of hydrogen-bond donors (Lipinski definition) is 0. The molecule has 3 heterocycles. The molecule has 1 aromatic rings. The van der Waals surface area contributed by atoms with Gasteiger partial charge in [-0.25, -0.2) is 0 Å². The number of benzene rings is 1. The van der Waals surface area contributed by atoms with E-state index in [0.717, 1.165) is 12.8 Å². The van der Waals surface area contributed by atoms with Gasteiger partial charge in [-0.2, -0.15) is 0 Å². The Labute approximate surface area is 181 Å². The Morgan fingerprint density at radius 1 is 1.00 bits per heavy atom. The Balaban J connectivity index is 1.35. The Morgan fingerprint density at radius 2 is 1.77 bits per heavy atom. The molecule has 3 nitrogen and oxygen atoms in total. The van der Waals surface area contributed by atoms with Crippen LogP contribution >= 0.6 is 0 Å². The average Bonchev–Trinajstić information content (AvgIpc) is 3.01. The molecule has 2 saturated carbocycles. The van der Waals surface area contributed by atoms with Gasteiger partial charge < -0.3 is 14.2 Å². The van der Waals surface area contributed by atoms with Crippen molar-refractivity contribution in [3.8, 4) is 0 Å². The summed E-state index contributed by atoms with van der Waals surface area (Å²) in [7, 11) is 0. The first kappa shape index (κ1) is 19.8. The van der Waals surface area contributed by atoms with E-state index < -0.39 is 0 Å². The second-order valence-corrected chi connectivity index (χ2v) is 12.1. The van der Waals surface area contributed by atoms with Crippen molar-refractivity contribution in [3.05, 3.63) is 35.9 Å². The molecule has 5 fully saturated rings. The fraction of sp³-hybridized carbons (Fsp3) is 0.778. The summed E-state index contributed by atoms with van der Waals surface area (Å²) < 4.78 is 20.4. The van der Waals surface area contributed by atoms with Crippen LogP contribution in [-0.2, 0) is 20.8 Å². The predicted octanol–water partition coefficient (Wildman–Crippen LogP) is 5.90. The van der Waals surface area contributed by atoms with Gasteiger partial charge in [-0.15, -0.1) is 0 Å². The second-order valence-electron chi connectivity index (χ2n) is 12.1. The van der Waals surface area contributed by atoms with Crippen molar-refractivity contribution in [2.75, 3.05) is 0 Å². The number of rotatable bonds is 4. The molecule has 164 valence electrons. The predicted molar refractivity (Wildman–Crippen MR) is 117 cm³/mol. The third kappa shape index (κ3) is 2.27. The van der Waals surface area contributed by atoms with Crippen molar-refractivity contribution < 1.29 is 14.2 Å². The minimum atomic E-state index is -0.0836. The lowest BCUT2D eigenvalue weighted by molar-refractivity contribution is -0.184. The minimum Gasteiger partial charge on any atom is -0.370 e. The molecule has 3 saturated heterocycles. The van der Waals surface area contributed by atoms with Crippen LogP contribution in [0.1, 0.15) is 78.7 Å². The molecule has 1 spiro atoms. The van der Waals surface area contributed by atoms with E-state index in [1.165, 1.54) is 31.2 Å². The standard InChI is InChI=1S/C27H38O3/c1-18(2)26(28-17-19-9-7-6-8-10-19)14-13-23(3)15-21-24(4)12-11-22(29-24)25(5)27(21,30-25)16-20(23)26/h6-10,18,20-22H,11-17H2,1-5H3/t20-,21-,22-,23-,24+,25+,26-,27-/m1/s1. The molecular formula is C27H38O3. The summed E-state index contributed by atoms with van der Waals surface area (Å²) in [4.78, 5) is 0. The van der Waals surface area contributed by atoms with E-state index in [9.17, 15) is 0 Å². The van der Waals surface area contributed by atoms with E-state index in [-0.39, 0.29) is 28.5 Å². The monoisotopic (exact) mass is 410 g/mol. The van der Waals surface area contributed by atoms with Crippen molar-refractivity contribution in [1.29, 1.82) is 0 Å². The van der Waals surface area contributed by atoms with Crippen LogP contribution in [0, 0.1) is 23.2 Å². The van der Waals surface area contributed by atoms with Crippen LogP contribution in [0.3, 0.4) is 0 Å². The highest BCUT2D eigenvalue weighted by Crippen LogP contribution is 2.76. The van der Waals surface area contributed by atoms with Gasteiger partial charge in [0.2, 0.25) is 0 Å². The Bertz CT molecular complexity index is 853. The van der Waals surface area contributed by atoms with E-state index in [4.69, 9.17) is 14.2 Å². The summed E-state index contributed by atoms with van der Waals surface area (Å²) in [5.41, 5.74) is 1.46. The normalized spacial score (nSPS) is 53.3. The molecule has 0 N–H and O–H groups in total. The average molecular weight is 411 g/mol. The molecule has 5 aliphatic rings. The van der Waals surface area contributed by atoms with E-state index in [2.05, 4.69) is 65.0 Å². The molecule has 0 amide bonds. The molecule has 1 aromatic carbocycles. The van der Waals surface area contributed by atoms with E-state index in [0.29, 0.717) is 29.8 Å². The highest BCUT2D eigenvalue weighted by molar-refractivity contribution is 5.32. The number of ether oxygens (including phenoxy) is 3. The van der Waals surface area contributed by atoms with Gasteiger partial charge in [0.1, 0.15) is 11.2 Å². The van der Waals surface area contributed by atoms with Crippen LogP contribution in [0.15, 0.2) is 30.3 Å². The summed E-state index contributed by atoms with van der Waals surface area (Å²) in [5, 5.41) is 0. The SMILES string of the molecule is CC(C)[C@]1(OCc2ccccc2)CC[C@]2(C)C[C@@H]3[C@]4(C)CC[C@@H](O4)[C@]4(C)O[C@]34C[C@H]21. The van der Waals surface area contributed by atoms with Gasteiger partial charge in [-0.05, 0) is 75.2 Å². The fourth-order valence-electron chi connectivity index (χ4n) is 8.55. The fourth-order valence-corrected chi connectivity index (χ4v) is 8.55. The summed E-state index contributed by atoms with van der Waals surface area (Å²) >= 11 is 0. The largest absolute Gasteiger partial charge is 0.370 e. The van der Waals surface area contributed by atoms with Crippen LogP contribution in [0.2, 0.25) is 0 Å². The van der Waals surface area contributed by atoms with Gasteiger partial charge in [-0.1, -0.05) is 51.1 Å². The molecular weight excluding hydrogens is 372 g/mol. The molecule has 2 aliphatic carbocycles. The van der Waals surface area contributed by atoms with Gasteiger partial charge in [0.25, 0.3) is 0 Å². The minimum absolute atomic E-state index is 0.00261. The van der Waals surface area contributed by atoms with Crippen molar-refractivity contribution in [1.82, 2.24) is 0 Å². The van der Waals surface area contributed by atoms with Crippen LogP contribution in [-0.4, -0.2) is 28.5 Å². The molecule has 0 aromatic heterocycles. The quantitative estimate of drug-likeness (QED) is 0.579. The smallest absolute Gasteiger partial charge is 0.122 e. The van der Waals surface area contributed by atoms with E-state index in [1.807, 2.05) is 0 Å². The highest BCUT2D eigenvalue weighted by Gasteiger charge is 2.84. The number of fused-ring (bicyclic) bond motifs is 5. The van der Waals surface area contributed by atoms with Crippen molar-refractivity contribution in [2.45, 2.75) is 108 Å². The maximum atomic E-state index is 6.96. The van der Waals surface area contributed by atoms with Crippen LogP contribution in [0.5, 0.6) is 0 Å². The molecule has 30 heavy (non-hydrogen) atoms. The Hall–Kier alpha value is -0.900. The lowest BCUT2D eigenvalue weighted by Gasteiger charge is -2.55. The molecule has 3 heteroatoms. The molecule has 0 unspecified atom stereocenters. The van der Waals surface area contributed by atoms with Crippen molar-refractivity contribution in [3.63, 3.8) is 0 Å². The van der Waals surface area contributed by atoms with Gasteiger partial charge >= 0.3 is 0 Å². The molecule has 2 bridgehead atoms. The summed E-state index contributed by atoms with van der Waals surface area (Å²) in [6, 6.07) is 10.7. The zero-order chi connectivity index (χ0) is 21.0. The zero-order valence-electron chi connectivity index (χ0n) is 19.4. The second kappa shape index (κ2) is 5.91. The maximum Gasteiger partial charge on any atom is 0.122 e. The van der Waals surface area contributed by atoms with Gasteiger partial charge in [0.05, 0.1) is 23.9 Å². The van der Waals surface area contributed by atoms with E-state index in [1.54, 1.807) is 0 Å². The van der Waals surface area contributed by atoms with Crippen LogP contribution in [0.25, 0.3) is 0 Å². The molecule has 8 atom stereocenters. The van der Waals surface area contributed by atoms with Crippen LogP contribution in [0.4, 0.5) is 0 Å². The third-order valence-corrected chi connectivity index (χ3v) is 10.4. The third-order valence-electron chi connectivity index (χ3n) is 10.4. The number of epoxide rings is 1.